The summed E-state index contributed by atoms with van der Waals surface area (Å²) < 4.78 is 0. The van der Waals surface area contributed by atoms with E-state index in [1.54, 1.807) is 6.08 Å². The van der Waals surface area contributed by atoms with E-state index in [-0.39, 0.29) is 5.91 Å². The highest BCUT2D eigenvalue weighted by atomic mass is 16.2. The van der Waals surface area contributed by atoms with Crippen LogP contribution in [0, 0.1) is 0 Å². The second-order valence-corrected chi connectivity index (χ2v) is 5.93. The van der Waals surface area contributed by atoms with Gasteiger partial charge in [-0.1, -0.05) is 6.08 Å². The third-order valence-corrected chi connectivity index (χ3v) is 4.64. The van der Waals surface area contributed by atoms with Crippen LogP contribution < -0.4 is 0 Å². The molecule has 0 aromatic heterocycles. The van der Waals surface area contributed by atoms with Crippen molar-refractivity contribution in [2.75, 3.05) is 39.8 Å². The SMILES string of the molecule is C=CCC(=O)N1CCC(N2CCN(C)C(C)C2)CC1. The van der Waals surface area contributed by atoms with Crippen molar-refractivity contribution in [2.24, 2.45) is 0 Å². The van der Waals surface area contributed by atoms with Crippen LogP contribution >= 0.6 is 0 Å². The van der Waals surface area contributed by atoms with Gasteiger partial charge >= 0.3 is 0 Å². The third kappa shape index (κ3) is 3.57. The van der Waals surface area contributed by atoms with E-state index in [9.17, 15) is 4.79 Å². The molecule has 0 aromatic rings. The first-order chi connectivity index (χ1) is 9.11. The molecule has 0 saturated carbocycles. The summed E-state index contributed by atoms with van der Waals surface area (Å²) in [4.78, 5) is 18.9. The van der Waals surface area contributed by atoms with Crippen LogP contribution in [0.2, 0.25) is 0 Å². The van der Waals surface area contributed by atoms with Crippen LogP contribution in [0.1, 0.15) is 26.2 Å². The predicted molar refractivity (Wildman–Crippen MR) is 78.1 cm³/mol. The second-order valence-electron chi connectivity index (χ2n) is 5.93. The number of rotatable bonds is 3. The maximum Gasteiger partial charge on any atom is 0.226 e. The highest BCUT2D eigenvalue weighted by Gasteiger charge is 2.30. The summed E-state index contributed by atoms with van der Waals surface area (Å²) in [7, 11) is 2.21. The maximum absolute atomic E-state index is 11.8. The normalized spacial score (nSPS) is 27.5. The van der Waals surface area contributed by atoms with Gasteiger partial charge in [-0.15, -0.1) is 6.58 Å². The van der Waals surface area contributed by atoms with Crippen molar-refractivity contribution in [3.63, 3.8) is 0 Å². The molecule has 1 atom stereocenters. The average molecular weight is 265 g/mol. The van der Waals surface area contributed by atoms with Gasteiger partial charge in [0.1, 0.15) is 0 Å². The van der Waals surface area contributed by atoms with Crippen molar-refractivity contribution in [3.8, 4) is 0 Å². The monoisotopic (exact) mass is 265 g/mol. The Morgan fingerprint density at radius 2 is 1.95 bits per heavy atom. The molecule has 0 spiro atoms. The lowest BCUT2D eigenvalue weighted by atomic mass is 10.0. The van der Waals surface area contributed by atoms with Gasteiger partial charge in [0.25, 0.3) is 0 Å². The minimum Gasteiger partial charge on any atom is -0.342 e. The highest BCUT2D eigenvalue weighted by molar-refractivity contribution is 5.77. The molecule has 0 bridgehead atoms. The fraction of sp³-hybridized carbons (Fsp3) is 0.800. The van der Waals surface area contributed by atoms with Gasteiger partial charge in [-0.2, -0.15) is 0 Å². The number of amides is 1. The lowest BCUT2D eigenvalue weighted by molar-refractivity contribution is -0.132. The molecule has 2 saturated heterocycles. The fourth-order valence-electron chi connectivity index (χ4n) is 3.14. The molecule has 0 N–H and O–H groups in total. The van der Waals surface area contributed by atoms with E-state index in [4.69, 9.17) is 0 Å². The summed E-state index contributed by atoms with van der Waals surface area (Å²) in [6, 6.07) is 1.32. The van der Waals surface area contributed by atoms with Gasteiger partial charge in [0.2, 0.25) is 5.91 Å². The Balaban J connectivity index is 1.80. The van der Waals surface area contributed by atoms with Crippen molar-refractivity contribution in [3.05, 3.63) is 12.7 Å². The first-order valence-corrected chi connectivity index (χ1v) is 7.44. The molecule has 19 heavy (non-hydrogen) atoms. The van der Waals surface area contributed by atoms with E-state index in [0.717, 1.165) is 32.5 Å². The molecule has 108 valence electrons. The van der Waals surface area contributed by atoms with Crippen molar-refractivity contribution < 1.29 is 4.79 Å². The number of piperazine rings is 1. The molecule has 0 radical (unpaired) electrons. The summed E-state index contributed by atoms with van der Waals surface area (Å²) in [6.07, 6.45) is 4.44. The van der Waals surface area contributed by atoms with E-state index in [0.29, 0.717) is 18.5 Å². The Kier molecular flexibility index (Phi) is 4.99. The molecule has 2 rings (SSSR count). The molecule has 4 nitrogen and oxygen atoms in total. The quantitative estimate of drug-likeness (QED) is 0.717. The molecule has 1 unspecified atom stereocenters. The third-order valence-electron chi connectivity index (χ3n) is 4.64. The molecular weight excluding hydrogens is 238 g/mol. The van der Waals surface area contributed by atoms with E-state index < -0.39 is 0 Å². The summed E-state index contributed by atoms with van der Waals surface area (Å²) in [5.41, 5.74) is 0. The number of hydrogen-bond acceptors (Lipinski definition) is 3. The predicted octanol–water partition coefficient (Wildman–Crippen LogP) is 1.19. The van der Waals surface area contributed by atoms with Gasteiger partial charge in [-0.25, -0.2) is 0 Å². The molecule has 0 aliphatic carbocycles. The summed E-state index contributed by atoms with van der Waals surface area (Å²) in [6.45, 7) is 11.3. The first-order valence-electron chi connectivity index (χ1n) is 7.44. The van der Waals surface area contributed by atoms with Crippen molar-refractivity contribution in [2.45, 2.75) is 38.3 Å². The zero-order valence-corrected chi connectivity index (χ0v) is 12.3. The molecule has 0 aromatic carbocycles. The minimum absolute atomic E-state index is 0.236. The fourth-order valence-corrected chi connectivity index (χ4v) is 3.14. The van der Waals surface area contributed by atoms with Crippen LogP contribution in [0.25, 0.3) is 0 Å². The van der Waals surface area contributed by atoms with Crippen molar-refractivity contribution in [1.29, 1.82) is 0 Å². The Morgan fingerprint density at radius 1 is 1.26 bits per heavy atom. The maximum atomic E-state index is 11.8. The van der Waals surface area contributed by atoms with Crippen LogP contribution in [0.5, 0.6) is 0 Å². The van der Waals surface area contributed by atoms with Crippen molar-refractivity contribution in [1.82, 2.24) is 14.7 Å². The summed E-state index contributed by atoms with van der Waals surface area (Å²) in [5.74, 6) is 0.236. The largest absolute Gasteiger partial charge is 0.342 e. The second kappa shape index (κ2) is 6.53. The molecular formula is C15H27N3O. The van der Waals surface area contributed by atoms with Crippen LogP contribution in [0.4, 0.5) is 0 Å². The number of carbonyl (C=O) groups is 1. The molecule has 4 heteroatoms. The first kappa shape index (κ1) is 14.5. The minimum atomic E-state index is 0.236. The van der Waals surface area contributed by atoms with Gasteiger partial charge in [0.05, 0.1) is 0 Å². The van der Waals surface area contributed by atoms with Crippen LogP contribution in [0.3, 0.4) is 0 Å². The Morgan fingerprint density at radius 3 is 2.53 bits per heavy atom. The number of likely N-dealkylation sites (N-methyl/N-ethyl adjacent to an activating group) is 1. The summed E-state index contributed by atoms with van der Waals surface area (Å²) in [5, 5.41) is 0. The van der Waals surface area contributed by atoms with Crippen LogP contribution in [-0.2, 0) is 4.79 Å². The van der Waals surface area contributed by atoms with E-state index in [2.05, 4.69) is 30.4 Å². The number of carbonyl (C=O) groups excluding carboxylic acids is 1. The zero-order chi connectivity index (χ0) is 13.8. The molecule has 2 heterocycles. The average Bonchev–Trinajstić information content (AvgIpc) is 2.42. The Hall–Kier alpha value is -0.870. The highest BCUT2D eigenvalue weighted by Crippen LogP contribution is 2.20. The van der Waals surface area contributed by atoms with Gasteiger partial charge in [0.15, 0.2) is 0 Å². The summed E-state index contributed by atoms with van der Waals surface area (Å²) >= 11 is 0. The zero-order valence-electron chi connectivity index (χ0n) is 12.3. The van der Waals surface area contributed by atoms with Gasteiger partial charge < -0.3 is 9.80 Å². The van der Waals surface area contributed by atoms with E-state index >= 15 is 0 Å². The molecule has 2 fully saturated rings. The smallest absolute Gasteiger partial charge is 0.226 e. The van der Waals surface area contributed by atoms with Crippen LogP contribution in [0.15, 0.2) is 12.7 Å². The van der Waals surface area contributed by atoms with Gasteiger partial charge in [0, 0.05) is 51.2 Å². The van der Waals surface area contributed by atoms with Crippen LogP contribution in [-0.4, -0.2) is 72.5 Å². The molecule has 2 aliphatic rings. The Bertz CT molecular complexity index is 323. The van der Waals surface area contributed by atoms with E-state index in [1.807, 2.05) is 4.90 Å². The topological polar surface area (TPSA) is 26.8 Å². The standard InChI is InChI=1S/C15H27N3O/c1-4-5-15(19)17-8-6-14(7-9-17)18-11-10-16(3)13(2)12-18/h4,13-14H,1,5-12H2,2-3H3. The number of likely N-dealkylation sites (tertiary alicyclic amines) is 1. The lowest BCUT2D eigenvalue weighted by Gasteiger charge is -2.44. The number of hydrogen-bond donors (Lipinski definition) is 0. The van der Waals surface area contributed by atoms with Crippen molar-refractivity contribution >= 4 is 5.91 Å². The lowest BCUT2D eigenvalue weighted by Crippen LogP contribution is -2.55. The number of piperidine rings is 1. The Labute approximate surface area is 117 Å². The molecule has 2 aliphatic heterocycles. The van der Waals surface area contributed by atoms with Gasteiger partial charge in [-0.05, 0) is 26.8 Å². The molecule has 1 amide bonds. The number of nitrogens with zero attached hydrogens (tertiary/aromatic N) is 3. The van der Waals surface area contributed by atoms with Gasteiger partial charge in [-0.3, -0.25) is 9.69 Å². The van der Waals surface area contributed by atoms with E-state index in [1.165, 1.54) is 13.1 Å².